The highest BCUT2D eigenvalue weighted by atomic mass is 15.3. The molecule has 0 atom stereocenters. The van der Waals surface area contributed by atoms with Crippen molar-refractivity contribution in [2.75, 3.05) is 19.0 Å². The van der Waals surface area contributed by atoms with Crippen LogP contribution in [0, 0.1) is 0 Å². The van der Waals surface area contributed by atoms with Crippen LogP contribution in [0.3, 0.4) is 0 Å². The molecule has 0 saturated carbocycles. The van der Waals surface area contributed by atoms with Gasteiger partial charge in [0.2, 0.25) is 0 Å². The standard InChI is InChI=1S/C19H27N3/c1-3-4-13-22(2)16-18-10-8-9-17(14-18)15-20-21-19-11-6-5-7-12-19/h5-12,14,20-21H,3-4,13,15-16H2,1-2H3. The molecule has 0 aliphatic heterocycles. The lowest BCUT2D eigenvalue weighted by molar-refractivity contribution is 0.321. The zero-order valence-electron chi connectivity index (χ0n) is 13.7. The van der Waals surface area contributed by atoms with Crippen molar-refractivity contribution in [3.05, 3.63) is 65.7 Å². The van der Waals surface area contributed by atoms with Gasteiger partial charge in [0.1, 0.15) is 0 Å². The largest absolute Gasteiger partial charge is 0.321 e. The molecular weight excluding hydrogens is 270 g/mol. The Morgan fingerprint density at radius 3 is 2.50 bits per heavy atom. The van der Waals surface area contributed by atoms with E-state index in [1.54, 1.807) is 0 Å². The lowest BCUT2D eigenvalue weighted by atomic mass is 10.1. The fourth-order valence-corrected chi connectivity index (χ4v) is 2.43. The van der Waals surface area contributed by atoms with Crippen LogP contribution in [0.15, 0.2) is 54.6 Å². The maximum absolute atomic E-state index is 3.27. The topological polar surface area (TPSA) is 27.3 Å². The van der Waals surface area contributed by atoms with Crippen LogP contribution in [-0.4, -0.2) is 18.5 Å². The SMILES string of the molecule is CCCCN(C)Cc1cccc(CNNc2ccccc2)c1. The first-order valence-electron chi connectivity index (χ1n) is 8.08. The summed E-state index contributed by atoms with van der Waals surface area (Å²) in [4.78, 5) is 2.39. The summed E-state index contributed by atoms with van der Waals surface area (Å²) in [6.07, 6.45) is 2.51. The smallest absolute Gasteiger partial charge is 0.0487 e. The van der Waals surface area contributed by atoms with Gasteiger partial charge in [-0.15, -0.1) is 0 Å². The molecule has 0 radical (unpaired) electrons. The Balaban J connectivity index is 1.80. The lowest BCUT2D eigenvalue weighted by Gasteiger charge is -2.17. The number of anilines is 1. The minimum absolute atomic E-state index is 0.807. The van der Waals surface area contributed by atoms with Gasteiger partial charge < -0.3 is 10.3 Å². The van der Waals surface area contributed by atoms with E-state index in [-0.39, 0.29) is 0 Å². The predicted octanol–water partition coefficient (Wildman–Crippen LogP) is 4.04. The number of unbranched alkanes of at least 4 members (excludes halogenated alkanes) is 1. The second-order valence-corrected chi connectivity index (χ2v) is 5.76. The van der Waals surface area contributed by atoms with E-state index in [2.05, 4.69) is 54.0 Å². The van der Waals surface area contributed by atoms with Crippen LogP contribution in [0.25, 0.3) is 0 Å². The summed E-state index contributed by atoms with van der Waals surface area (Å²) in [6, 6.07) is 19.0. The normalized spacial score (nSPS) is 10.9. The van der Waals surface area contributed by atoms with E-state index in [9.17, 15) is 0 Å². The second-order valence-electron chi connectivity index (χ2n) is 5.76. The van der Waals surface area contributed by atoms with Crippen LogP contribution in [0.1, 0.15) is 30.9 Å². The van der Waals surface area contributed by atoms with Crippen molar-refractivity contribution in [3.63, 3.8) is 0 Å². The molecule has 0 aliphatic rings. The Morgan fingerprint density at radius 1 is 0.955 bits per heavy atom. The number of benzene rings is 2. The first kappa shape index (κ1) is 16.5. The average molecular weight is 297 g/mol. The van der Waals surface area contributed by atoms with Gasteiger partial charge in [-0.05, 0) is 43.3 Å². The van der Waals surface area contributed by atoms with Crippen molar-refractivity contribution < 1.29 is 0 Å². The van der Waals surface area contributed by atoms with Crippen LogP contribution in [0.2, 0.25) is 0 Å². The van der Waals surface area contributed by atoms with Gasteiger partial charge in [-0.1, -0.05) is 55.8 Å². The monoisotopic (exact) mass is 297 g/mol. The molecule has 118 valence electrons. The van der Waals surface area contributed by atoms with Gasteiger partial charge in [0, 0.05) is 18.8 Å². The lowest BCUT2D eigenvalue weighted by Crippen LogP contribution is -2.21. The van der Waals surface area contributed by atoms with E-state index in [1.165, 1.54) is 24.0 Å². The molecule has 0 saturated heterocycles. The predicted molar refractivity (Wildman–Crippen MR) is 94.6 cm³/mol. The third-order valence-corrected chi connectivity index (χ3v) is 3.64. The van der Waals surface area contributed by atoms with Crippen LogP contribution >= 0.6 is 0 Å². The highest BCUT2D eigenvalue weighted by Crippen LogP contribution is 2.09. The van der Waals surface area contributed by atoms with Gasteiger partial charge in [-0.2, -0.15) is 0 Å². The average Bonchev–Trinajstić information content (AvgIpc) is 2.54. The molecular formula is C19H27N3. The molecule has 0 bridgehead atoms. The van der Waals surface area contributed by atoms with Gasteiger partial charge in [0.25, 0.3) is 0 Å². The zero-order chi connectivity index (χ0) is 15.6. The second kappa shape index (κ2) is 9.23. The Labute approximate surface area is 134 Å². The first-order valence-corrected chi connectivity index (χ1v) is 8.08. The van der Waals surface area contributed by atoms with Crippen molar-refractivity contribution in [2.45, 2.75) is 32.9 Å². The molecule has 0 fully saturated rings. The number of hydrogen-bond donors (Lipinski definition) is 2. The number of nitrogens with zero attached hydrogens (tertiary/aromatic N) is 1. The molecule has 2 N–H and O–H groups in total. The first-order chi connectivity index (χ1) is 10.8. The van der Waals surface area contributed by atoms with Crippen molar-refractivity contribution in [3.8, 4) is 0 Å². The summed E-state index contributed by atoms with van der Waals surface area (Å²) in [7, 11) is 2.19. The fourth-order valence-electron chi connectivity index (χ4n) is 2.43. The molecule has 0 aliphatic carbocycles. The highest BCUT2D eigenvalue weighted by Gasteiger charge is 2.01. The summed E-state index contributed by atoms with van der Waals surface area (Å²) in [6.45, 7) is 5.22. The van der Waals surface area contributed by atoms with Crippen LogP contribution in [0.5, 0.6) is 0 Å². The molecule has 0 heterocycles. The molecule has 3 heteroatoms. The zero-order valence-corrected chi connectivity index (χ0v) is 13.7. The molecule has 22 heavy (non-hydrogen) atoms. The number of para-hydroxylation sites is 1. The summed E-state index contributed by atoms with van der Waals surface area (Å²) in [5.41, 5.74) is 10.2. The van der Waals surface area contributed by atoms with E-state index < -0.39 is 0 Å². The Bertz CT molecular complexity index is 539. The van der Waals surface area contributed by atoms with Crippen molar-refractivity contribution in [1.82, 2.24) is 10.3 Å². The highest BCUT2D eigenvalue weighted by molar-refractivity contribution is 5.41. The summed E-state index contributed by atoms with van der Waals surface area (Å²) < 4.78 is 0. The van der Waals surface area contributed by atoms with Crippen LogP contribution in [0.4, 0.5) is 5.69 Å². The number of hydrazine groups is 1. The van der Waals surface area contributed by atoms with E-state index in [0.717, 1.165) is 25.3 Å². The van der Waals surface area contributed by atoms with E-state index in [0.29, 0.717) is 0 Å². The van der Waals surface area contributed by atoms with Gasteiger partial charge in [-0.25, -0.2) is 5.43 Å². The maximum atomic E-state index is 3.27. The minimum Gasteiger partial charge on any atom is -0.321 e. The third-order valence-electron chi connectivity index (χ3n) is 3.64. The molecule has 0 unspecified atom stereocenters. The van der Waals surface area contributed by atoms with Gasteiger partial charge in [-0.3, -0.25) is 0 Å². The molecule has 0 aromatic heterocycles. The summed E-state index contributed by atoms with van der Waals surface area (Å²) in [5.74, 6) is 0. The fraction of sp³-hybridized carbons (Fsp3) is 0.368. The van der Waals surface area contributed by atoms with Gasteiger partial charge >= 0.3 is 0 Å². The minimum atomic E-state index is 0.807. The molecule has 3 nitrogen and oxygen atoms in total. The Kier molecular flexibility index (Phi) is 6.94. The summed E-state index contributed by atoms with van der Waals surface area (Å²) >= 11 is 0. The van der Waals surface area contributed by atoms with Gasteiger partial charge in [0.15, 0.2) is 0 Å². The van der Waals surface area contributed by atoms with Crippen molar-refractivity contribution >= 4 is 5.69 Å². The summed E-state index contributed by atoms with van der Waals surface area (Å²) in [5, 5.41) is 0. The van der Waals surface area contributed by atoms with E-state index >= 15 is 0 Å². The maximum Gasteiger partial charge on any atom is 0.0487 e. The Hall–Kier alpha value is -1.84. The molecule has 2 rings (SSSR count). The molecule has 0 amide bonds. The number of hydrogen-bond acceptors (Lipinski definition) is 3. The molecule has 2 aromatic carbocycles. The van der Waals surface area contributed by atoms with Crippen molar-refractivity contribution in [1.29, 1.82) is 0 Å². The number of nitrogens with one attached hydrogen (secondary N) is 2. The van der Waals surface area contributed by atoms with Crippen molar-refractivity contribution in [2.24, 2.45) is 0 Å². The number of rotatable bonds is 9. The van der Waals surface area contributed by atoms with Gasteiger partial charge in [0.05, 0.1) is 0 Å². The Morgan fingerprint density at radius 2 is 1.73 bits per heavy atom. The molecule has 2 aromatic rings. The van der Waals surface area contributed by atoms with E-state index in [1.807, 2.05) is 30.3 Å². The molecule has 0 spiro atoms. The third kappa shape index (κ3) is 5.88. The van der Waals surface area contributed by atoms with E-state index in [4.69, 9.17) is 0 Å². The van der Waals surface area contributed by atoms with Crippen LogP contribution in [-0.2, 0) is 13.1 Å². The van der Waals surface area contributed by atoms with Crippen LogP contribution < -0.4 is 10.9 Å². The quantitative estimate of drug-likeness (QED) is 0.684.